The molecule has 6 rings (SSSR count). The number of rotatable bonds is 5. The van der Waals surface area contributed by atoms with Gasteiger partial charge in [0.05, 0.1) is 23.1 Å². The highest BCUT2D eigenvalue weighted by molar-refractivity contribution is 7.14. The Hall–Kier alpha value is -3.41. The normalized spacial score (nSPS) is 20.3. The number of hydrogen-bond donors (Lipinski definition) is 1. The van der Waals surface area contributed by atoms with E-state index in [1.807, 2.05) is 34.0 Å². The number of halogens is 1. The molecule has 2 aliphatic rings. The molecule has 0 aliphatic carbocycles. The first-order valence-electron chi connectivity index (χ1n) is 11.5. The molecule has 2 aliphatic heterocycles. The van der Waals surface area contributed by atoms with E-state index in [1.165, 1.54) is 23.5 Å². The molecule has 0 saturated carbocycles. The van der Waals surface area contributed by atoms with Crippen LogP contribution in [0.25, 0.3) is 16.9 Å². The van der Waals surface area contributed by atoms with E-state index in [0.717, 1.165) is 45.7 Å². The van der Waals surface area contributed by atoms with Crippen LogP contribution in [0.5, 0.6) is 0 Å². The molecule has 2 saturated heterocycles. The van der Waals surface area contributed by atoms with Crippen molar-refractivity contribution in [3.8, 4) is 11.3 Å². The van der Waals surface area contributed by atoms with Crippen LogP contribution in [0.1, 0.15) is 24.4 Å². The number of carbonyl (C=O) groups is 1. The maximum absolute atomic E-state index is 13.3. The average molecular weight is 494 g/mol. The molecular formula is C24H24FN7O2S. The van der Waals surface area contributed by atoms with E-state index < -0.39 is 0 Å². The third-order valence-corrected chi connectivity index (χ3v) is 7.48. The van der Waals surface area contributed by atoms with E-state index in [9.17, 15) is 9.18 Å². The lowest BCUT2D eigenvalue weighted by Crippen LogP contribution is -2.52. The zero-order valence-corrected chi connectivity index (χ0v) is 20.1. The van der Waals surface area contributed by atoms with Crippen LogP contribution < -0.4 is 10.2 Å². The third kappa shape index (κ3) is 3.76. The number of carbonyl (C=O) groups excluding carboxylic acids is 1. The molecule has 0 amide bonds. The lowest BCUT2D eigenvalue weighted by Gasteiger charge is -2.34. The predicted molar refractivity (Wildman–Crippen MR) is 130 cm³/mol. The van der Waals surface area contributed by atoms with Gasteiger partial charge in [-0.15, -0.1) is 11.3 Å². The number of nitrogens with zero attached hydrogens (tertiary/aromatic N) is 6. The number of piperazine rings is 1. The summed E-state index contributed by atoms with van der Waals surface area (Å²) in [6.45, 7) is 3.60. The van der Waals surface area contributed by atoms with Gasteiger partial charge in [0.2, 0.25) is 0 Å². The number of ether oxygens (including phenoxy) is 1. The molecule has 2 unspecified atom stereocenters. The van der Waals surface area contributed by atoms with Crippen LogP contribution in [0.2, 0.25) is 0 Å². The Kier molecular flexibility index (Phi) is 5.47. The summed E-state index contributed by atoms with van der Waals surface area (Å²) in [6, 6.07) is 9.90. The van der Waals surface area contributed by atoms with Gasteiger partial charge in [-0.05, 0) is 42.8 Å². The van der Waals surface area contributed by atoms with Gasteiger partial charge < -0.3 is 15.0 Å². The summed E-state index contributed by atoms with van der Waals surface area (Å²) in [6.07, 6.45) is 0.732. The fraction of sp³-hybridized carbons (Fsp3) is 0.333. The second kappa shape index (κ2) is 8.67. The van der Waals surface area contributed by atoms with Gasteiger partial charge in [0.15, 0.2) is 16.6 Å². The summed E-state index contributed by atoms with van der Waals surface area (Å²) in [5, 5.41) is 11.1. The Labute approximate surface area is 205 Å². The van der Waals surface area contributed by atoms with E-state index in [2.05, 4.69) is 17.1 Å². The molecule has 35 heavy (non-hydrogen) atoms. The summed E-state index contributed by atoms with van der Waals surface area (Å²) < 4.78 is 20.5. The van der Waals surface area contributed by atoms with Gasteiger partial charge in [0.25, 0.3) is 0 Å². The number of hydrogen-bond acceptors (Lipinski definition) is 9. The Morgan fingerprint density at radius 1 is 1.17 bits per heavy atom. The first kappa shape index (κ1) is 22.1. The predicted octanol–water partition coefficient (Wildman–Crippen LogP) is 3.15. The van der Waals surface area contributed by atoms with Crippen molar-refractivity contribution < 1.29 is 13.9 Å². The molecule has 11 heteroatoms. The lowest BCUT2D eigenvalue weighted by atomic mass is 10.1. The van der Waals surface area contributed by atoms with Crippen LogP contribution in [0.4, 0.5) is 15.3 Å². The quantitative estimate of drug-likeness (QED) is 0.425. The molecule has 1 N–H and O–H groups in total. The Balaban J connectivity index is 1.37. The highest BCUT2D eigenvalue weighted by Gasteiger charge is 2.42. The van der Waals surface area contributed by atoms with Crippen LogP contribution >= 0.6 is 11.3 Å². The summed E-state index contributed by atoms with van der Waals surface area (Å²) in [5.74, 6) is 0.379. The summed E-state index contributed by atoms with van der Waals surface area (Å²) in [7, 11) is 1.95. The SMILES string of the molecule is CCc1nc2ccc(C3CNCC4C(=O)OCN43)nn2c1N(C)c1nc(-c2ccc(F)cc2)cs1. The Morgan fingerprint density at radius 2 is 1.97 bits per heavy atom. The molecule has 0 radical (unpaired) electrons. The molecule has 5 heterocycles. The van der Waals surface area contributed by atoms with Gasteiger partial charge in [-0.1, -0.05) is 6.92 Å². The molecule has 3 aromatic heterocycles. The number of esters is 1. The first-order valence-corrected chi connectivity index (χ1v) is 12.4. The van der Waals surface area contributed by atoms with Crippen molar-refractivity contribution in [2.24, 2.45) is 0 Å². The fourth-order valence-corrected chi connectivity index (χ4v) is 5.51. The molecule has 2 fully saturated rings. The van der Waals surface area contributed by atoms with E-state index in [-0.39, 0.29) is 30.6 Å². The highest BCUT2D eigenvalue weighted by Crippen LogP contribution is 2.34. The number of cyclic esters (lactones) is 1. The summed E-state index contributed by atoms with van der Waals surface area (Å²) in [5.41, 5.74) is 4.15. The largest absolute Gasteiger partial charge is 0.448 e. The van der Waals surface area contributed by atoms with E-state index in [0.29, 0.717) is 13.1 Å². The maximum atomic E-state index is 13.3. The molecule has 9 nitrogen and oxygen atoms in total. The van der Waals surface area contributed by atoms with Crippen molar-refractivity contribution >= 4 is 33.9 Å². The molecule has 180 valence electrons. The topological polar surface area (TPSA) is 87.9 Å². The number of benzene rings is 1. The van der Waals surface area contributed by atoms with Gasteiger partial charge in [-0.3, -0.25) is 4.79 Å². The van der Waals surface area contributed by atoms with Crippen molar-refractivity contribution in [1.29, 1.82) is 0 Å². The summed E-state index contributed by atoms with van der Waals surface area (Å²) in [4.78, 5) is 25.7. The van der Waals surface area contributed by atoms with Crippen LogP contribution in [-0.2, 0) is 16.0 Å². The van der Waals surface area contributed by atoms with Crippen molar-refractivity contribution in [2.45, 2.75) is 25.4 Å². The van der Waals surface area contributed by atoms with Crippen molar-refractivity contribution in [2.75, 3.05) is 31.8 Å². The Bertz CT molecular complexity index is 1400. The highest BCUT2D eigenvalue weighted by atomic mass is 32.1. The number of aryl methyl sites for hydroxylation is 1. The number of anilines is 2. The molecule has 0 spiro atoms. The van der Waals surface area contributed by atoms with Gasteiger partial charge in [0, 0.05) is 31.1 Å². The van der Waals surface area contributed by atoms with Gasteiger partial charge in [0.1, 0.15) is 18.6 Å². The lowest BCUT2D eigenvalue weighted by molar-refractivity contribution is -0.139. The third-order valence-electron chi connectivity index (χ3n) is 6.56. The first-order chi connectivity index (χ1) is 17.0. The molecule has 4 aromatic rings. The number of nitrogens with one attached hydrogen (secondary N) is 1. The standard InChI is InChI=1S/C24H24FN7O2S/c1-3-16-22(30(2)24-28-18(12-35-24)14-4-6-15(25)7-5-14)32-21(27-16)9-8-17(29-32)19-10-26-11-20-23(33)34-13-31(19)20/h4-9,12,19-20,26H,3,10-11,13H2,1-2H3. The number of aromatic nitrogens is 4. The van der Waals surface area contributed by atoms with Gasteiger partial charge in [-0.25, -0.2) is 19.3 Å². The van der Waals surface area contributed by atoms with Gasteiger partial charge >= 0.3 is 5.97 Å². The van der Waals surface area contributed by atoms with E-state index >= 15 is 0 Å². The maximum Gasteiger partial charge on any atom is 0.326 e. The minimum absolute atomic E-state index is 0.0832. The van der Waals surface area contributed by atoms with Gasteiger partial charge in [-0.2, -0.15) is 9.61 Å². The molecule has 2 atom stereocenters. The zero-order valence-electron chi connectivity index (χ0n) is 19.3. The molecule has 0 bridgehead atoms. The Morgan fingerprint density at radius 3 is 2.77 bits per heavy atom. The van der Waals surface area contributed by atoms with Crippen LogP contribution in [-0.4, -0.2) is 63.4 Å². The summed E-state index contributed by atoms with van der Waals surface area (Å²) >= 11 is 1.51. The van der Waals surface area contributed by atoms with Crippen LogP contribution in [0, 0.1) is 5.82 Å². The van der Waals surface area contributed by atoms with Crippen LogP contribution in [0.15, 0.2) is 41.8 Å². The van der Waals surface area contributed by atoms with Crippen molar-refractivity contribution in [3.63, 3.8) is 0 Å². The smallest absolute Gasteiger partial charge is 0.326 e. The average Bonchev–Trinajstić information content (AvgIpc) is 3.61. The molecule has 1 aromatic carbocycles. The number of thiazole rings is 1. The minimum Gasteiger partial charge on any atom is -0.448 e. The zero-order chi connectivity index (χ0) is 24.1. The monoisotopic (exact) mass is 493 g/mol. The fourth-order valence-electron chi connectivity index (χ4n) is 4.71. The number of fused-ring (bicyclic) bond motifs is 2. The second-order valence-electron chi connectivity index (χ2n) is 8.64. The van der Waals surface area contributed by atoms with Crippen molar-refractivity contribution in [3.05, 3.63) is 59.0 Å². The van der Waals surface area contributed by atoms with Crippen molar-refractivity contribution in [1.82, 2.24) is 29.8 Å². The number of imidazole rings is 1. The van der Waals surface area contributed by atoms with E-state index in [4.69, 9.17) is 19.8 Å². The molecular weight excluding hydrogens is 469 g/mol. The minimum atomic E-state index is -0.289. The van der Waals surface area contributed by atoms with Crippen LogP contribution in [0.3, 0.4) is 0 Å². The van der Waals surface area contributed by atoms with E-state index in [1.54, 1.807) is 12.1 Å². The second-order valence-corrected chi connectivity index (χ2v) is 9.48.